The van der Waals surface area contributed by atoms with Crippen LogP contribution in [0.5, 0.6) is 0 Å². The van der Waals surface area contributed by atoms with Crippen LogP contribution < -0.4 is 10.6 Å². The van der Waals surface area contributed by atoms with E-state index >= 15 is 0 Å². The van der Waals surface area contributed by atoms with Crippen molar-refractivity contribution in [1.82, 2.24) is 0 Å². The maximum Gasteiger partial charge on any atom is 0.237 e. The summed E-state index contributed by atoms with van der Waals surface area (Å²) in [6.07, 6.45) is 0.969. The lowest BCUT2D eigenvalue weighted by Crippen LogP contribution is -2.25. The number of amides is 2. The summed E-state index contributed by atoms with van der Waals surface area (Å²) < 4.78 is 0. The van der Waals surface area contributed by atoms with Crippen molar-refractivity contribution in [3.05, 3.63) is 58.7 Å². The Balaban J connectivity index is 1.86. The lowest BCUT2D eigenvalue weighted by atomic mass is 10.1. The van der Waals surface area contributed by atoms with E-state index in [0.29, 0.717) is 0 Å². The molecule has 27 heavy (non-hydrogen) atoms. The second kappa shape index (κ2) is 9.60. The standard InChI is InChI=1S/C22H28N2O2S/c1-6-18-7-9-19(10-8-18)23-20(25)13-27-17(5)22(26)24-21-15(3)11-14(2)12-16(21)4/h7-12,17H,6,13H2,1-5H3,(H,23,25)(H,24,26)/t17-/m1/s1. The lowest BCUT2D eigenvalue weighted by molar-refractivity contribution is -0.115. The quantitative estimate of drug-likeness (QED) is 0.716. The first-order valence-corrected chi connectivity index (χ1v) is 10.2. The van der Waals surface area contributed by atoms with Gasteiger partial charge in [0.2, 0.25) is 11.8 Å². The number of benzene rings is 2. The Kier molecular flexibility index (Phi) is 7.48. The first kappa shape index (κ1) is 21.0. The SMILES string of the molecule is CCc1ccc(NC(=O)CS[C@H](C)C(=O)Nc2c(C)cc(C)cc2C)cc1. The fourth-order valence-electron chi connectivity index (χ4n) is 2.90. The Hall–Kier alpha value is -2.27. The highest BCUT2D eigenvalue weighted by atomic mass is 32.2. The number of hydrogen-bond donors (Lipinski definition) is 2. The molecule has 5 heteroatoms. The van der Waals surface area contributed by atoms with Crippen LogP contribution in [0.4, 0.5) is 11.4 Å². The van der Waals surface area contributed by atoms with Gasteiger partial charge in [0.25, 0.3) is 0 Å². The predicted molar refractivity (Wildman–Crippen MR) is 116 cm³/mol. The molecule has 0 saturated heterocycles. The monoisotopic (exact) mass is 384 g/mol. The van der Waals surface area contributed by atoms with Crippen LogP contribution in [-0.4, -0.2) is 22.8 Å². The number of nitrogens with one attached hydrogen (secondary N) is 2. The molecular formula is C22H28N2O2S. The third kappa shape index (κ3) is 6.14. The first-order chi connectivity index (χ1) is 12.8. The summed E-state index contributed by atoms with van der Waals surface area (Å²) in [5.41, 5.74) is 6.14. The normalized spacial score (nSPS) is 11.7. The van der Waals surface area contributed by atoms with Crippen molar-refractivity contribution in [2.24, 2.45) is 0 Å². The van der Waals surface area contributed by atoms with Crippen LogP contribution in [-0.2, 0) is 16.0 Å². The molecule has 2 rings (SSSR count). The van der Waals surface area contributed by atoms with Gasteiger partial charge in [0.1, 0.15) is 0 Å². The largest absolute Gasteiger partial charge is 0.325 e. The van der Waals surface area contributed by atoms with E-state index in [4.69, 9.17) is 0 Å². The molecule has 4 nitrogen and oxygen atoms in total. The molecule has 2 aromatic carbocycles. The molecule has 0 fully saturated rings. The van der Waals surface area contributed by atoms with Gasteiger partial charge in [0.05, 0.1) is 11.0 Å². The summed E-state index contributed by atoms with van der Waals surface area (Å²) in [7, 11) is 0. The van der Waals surface area contributed by atoms with Crippen LogP contribution in [0, 0.1) is 20.8 Å². The molecule has 2 amide bonds. The molecule has 0 aliphatic heterocycles. The molecule has 0 aliphatic carbocycles. The third-order valence-electron chi connectivity index (χ3n) is 4.40. The molecule has 0 aliphatic rings. The van der Waals surface area contributed by atoms with Crippen LogP contribution in [0.3, 0.4) is 0 Å². The summed E-state index contributed by atoms with van der Waals surface area (Å²) in [4.78, 5) is 24.6. The Morgan fingerprint density at radius 2 is 1.59 bits per heavy atom. The van der Waals surface area contributed by atoms with Crippen molar-refractivity contribution in [1.29, 1.82) is 0 Å². The Labute approximate surface area is 166 Å². The zero-order chi connectivity index (χ0) is 20.0. The highest BCUT2D eigenvalue weighted by molar-refractivity contribution is 8.01. The Bertz CT molecular complexity index is 793. The van der Waals surface area contributed by atoms with E-state index in [9.17, 15) is 9.59 Å². The van der Waals surface area contributed by atoms with Gasteiger partial charge in [-0.1, -0.05) is 36.8 Å². The zero-order valence-electron chi connectivity index (χ0n) is 16.7. The predicted octanol–water partition coefficient (Wildman–Crippen LogP) is 4.87. The molecule has 144 valence electrons. The molecule has 0 unspecified atom stereocenters. The van der Waals surface area contributed by atoms with E-state index in [1.165, 1.54) is 22.9 Å². The van der Waals surface area contributed by atoms with Crippen molar-refractivity contribution in [3.8, 4) is 0 Å². The molecule has 2 aromatic rings. The Morgan fingerprint density at radius 3 is 2.15 bits per heavy atom. The molecular weight excluding hydrogens is 356 g/mol. The summed E-state index contributed by atoms with van der Waals surface area (Å²) >= 11 is 1.33. The van der Waals surface area contributed by atoms with E-state index in [2.05, 4.69) is 29.7 Å². The van der Waals surface area contributed by atoms with Crippen molar-refractivity contribution < 1.29 is 9.59 Å². The van der Waals surface area contributed by atoms with E-state index in [-0.39, 0.29) is 22.8 Å². The Morgan fingerprint density at radius 1 is 1.00 bits per heavy atom. The van der Waals surface area contributed by atoms with E-state index in [1.54, 1.807) is 0 Å². The van der Waals surface area contributed by atoms with E-state index in [0.717, 1.165) is 28.9 Å². The molecule has 0 radical (unpaired) electrons. The van der Waals surface area contributed by atoms with Gasteiger partial charge in [0, 0.05) is 11.4 Å². The van der Waals surface area contributed by atoms with Crippen LogP contribution in [0.25, 0.3) is 0 Å². The van der Waals surface area contributed by atoms with Crippen LogP contribution in [0.1, 0.15) is 36.1 Å². The topological polar surface area (TPSA) is 58.2 Å². The third-order valence-corrected chi connectivity index (χ3v) is 5.55. The van der Waals surface area contributed by atoms with E-state index in [1.807, 2.05) is 52.0 Å². The van der Waals surface area contributed by atoms with Gasteiger partial charge in [-0.05, 0) is 62.9 Å². The van der Waals surface area contributed by atoms with Crippen molar-refractivity contribution in [2.75, 3.05) is 16.4 Å². The van der Waals surface area contributed by atoms with Gasteiger partial charge in [0.15, 0.2) is 0 Å². The van der Waals surface area contributed by atoms with Crippen LogP contribution in [0.2, 0.25) is 0 Å². The minimum Gasteiger partial charge on any atom is -0.325 e. The number of aryl methyl sites for hydroxylation is 4. The summed E-state index contributed by atoms with van der Waals surface area (Å²) in [6, 6.07) is 11.9. The maximum absolute atomic E-state index is 12.5. The fraction of sp³-hybridized carbons (Fsp3) is 0.364. The second-order valence-electron chi connectivity index (χ2n) is 6.81. The number of anilines is 2. The molecule has 0 aromatic heterocycles. The van der Waals surface area contributed by atoms with E-state index < -0.39 is 0 Å². The van der Waals surface area contributed by atoms with Crippen LogP contribution >= 0.6 is 11.8 Å². The first-order valence-electron chi connectivity index (χ1n) is 9.19. The molecule has 0 saturated carbocycles. The van der Waals surface area contributed by atoms with Gasteiger partial charge in [-0.15, -0.1) is 11.8 Å². The molecule has 0 bridgehead atoms. The number of carbonyl (C=O) groups is 2. The average molecular weight is 385 g/mol. The maximum atomic E-state index is 12.5. The van der Waals surface area contributed by atoms with Crippen molar-refractivity contribution in [3.63, 3.8) is 0 Å². The van der Waals surface area contributed by atoms with Gasteiger partial charge in [-0.3, -0.25) is 9.59 Å². The summed E-state index contributed by atoms with van der Waals surface area (Å²) in [5.74, 6) is 0.0393. The van der Waals surface area contributed by atoms with Gasteiger partial charge < -0.3 is 10.6 Å². The summed E-state index contributed by atoms with van der Waals surface area (Å²) in [5, 5.41) is 5.55. The zero-order valence-corrected chi connectivity index (χ0v) is 17.5. The number of rotatable bonds is 7. The average Bonchev–Trinajstić information content (AvgIpc) is 2.63. The number of hydrogen-bond acceptors (Lipinski definition) is 3. The van der Waals surface area contributed by atoms with Crippen LogP contribution in [0.15, 0.2) is 36.4 Å². The van der Waals surface area contributed by atoms with Crippen molar-refractivity contribution >= 4 is 35.0 Å². The second-order valence-corrected chi connectivity index (χ2v) is 8.14. The minimum absolute atomic E-state index is 0.0878. The number of thioether (sulfide) groups is 1. The van der Waals surface area contributed by atoms with Crippen molar-refractivity contribution in [2.45, 2.75) is 46.3 Å². The van der Waals surface area contributed by atoms with Gasteiger partial charge in [-0.25, -0.2) is 0 Å². The smallest absolute Gasteiger partial charge is 0.237 e. The lowest BCUT2D eigenvalue weighted by Gasteiger charge is -2.16. The molecule has 2 N–H and O–H groups in total. The molecule has 0 heterocycles. The molecule has 0 spiro atoms. The fourth-order valence-corrected chi connectivity index (χ4v) is 3.58. The number of carbonyl (C=O) groups excluding carboxylic acids is 2. The highest BCUT2D eigenvalue weighted by Gasteiger charge is 2.17. The highest BCUT2D eigenvalue weighted by Crippen LogP contribution is 2.23. The summed E-state index contributed by atoms with van der Waals surface area (Å²) in [6.45, 7) is 9.94. The van der Waals surface area contributed by atoms with Gasteiger partial charge in [-0.2, -0.15) is 0 Å². The minimum atomic E-state index is -0.321. The van der Waals surface area contributed by atoms with Gasteiger partial charge >= 0.3 is 0 Å². The molecule has 1 atom stereocenters.